The van der Waals surface area contributed by atoms with E-state index in [2.05, 4.69) is 20.2 Å². The van der Waals surface area contributed by atoms with Gasteiger partial charge in [0.25, 0.3) is 0 Å². The number of fused-ring (bicyclic) bond motifs is 1. The molecule has 1 fully saturated rings. The van der Waals surface area contributed by atoms with Gasteiger partial charge in [0, 0.05) is 58.8 Å². The second kappa shape index (κ2) is 16.6. The first-order chi connectivity index (χ1) is 23.5. The highest BCUT2D eigenvalue weighted by Gasteiger charge is 2.34. The number of H-pyrrole nitrogens is 1. The number of piperidine rings is 1. The minimum atomic E-state index is -0.612. The number of halogens is 4. The summed E-state index contributed by atoms with van der Waals surface area (Å²) in [7, 11) is 0. The van der Waals surface area contributed by atoms with Crippen LogP contribution in [0.2, 0.25) is 5.02 Å². The fourth-order valence-corrected chi connectivity index (χ4v) is 7.84. The zero-order valence-electron chi connectivity index (χ0n) is 28.2. The molecule has 1 saturated heterocycles. The lowest BCUT2D eigenvalue weighted by Crippen LogP contribution is -2.44. The molecule has 2 aromatic carbocycles. The number of likely N-dealkylation sites (tertiary alicyclic amines) is 1. The largest absolute Gasteiger partial charge is 0.374 e. The number of rotatable bonds is 14. The molecule has 0 radical (unpaired) electrons. The fourth-order valence-electron chi connectivity index (χ4n) is 6.91. The molecule has 1 aliphatic rings. The molecule has 13 heteroatoms. The number of nitrogens with zero attached hydrogens (tertiary/aromatic N) is 3. The van der Waals surface area contributed by atoms with Gasteiger partial charge in [-0.25, -0.2) is 13.6 Å². The van der Waals surface area contributed by atoms with Crippen molar-refractivity contribution >= 4 is 40.2 Å². The van der Waals surface area contributed by atoms with Crippen LogP contribution in [0.3, 0.4) is 0 Å². The first kappa shape index (κ1) is 36.9. The predicted molar refractivity (Wildman–Crippen MR) is 194 cm³/mol. The van der Waals surface area contributed by atoms with E-state index in [1.807, 2.05) is 13.2 Å². The summed E-state index contributed by atoms with van der Waals surface area (Å²) in [5.41, 5.74) is 8.00. The van der Waals surface area contributed by atoms with Crippen molar-refractivity contribution in [3.05, 3.63) is 74.8 Å². The average Bonchev–Trinajstić information content (AvgIpc) is 3.47. The van der Waals surface area contributed by atoms with Gasteiger partial charge < -0.3 is 16.0 Å². The molecule has 2 aromatic heterocycles. The number of nitrogens with one attached hydrogen (secondary N) is 3. The maximum absolute atomic E-state index is 16.3. The van der Waals surface area contributed by atoms with Crippen molar-refractivity contribution in [2.45, 2.75) is 88.2 Å². The SMILES string of the molecule is CSc1cc(-n2cc3cc(-c4cc(CCC[C@H](C)N)cc(Cl)c4F)[nH]c3nc2=O)cc(F)c1[C@@H]1CCC[C@@H](CCNC(C)=N)N1CCCF. The summed E-state index contributed by atoms with van der Waals surface area (Å²) in [6.45, 7) is 4.31. The van der Waals surface area contributed by atoms with Gasteiger partial charge in [0.05, 0.1) is 28.9 Å². The monoisotopic (exact) mass is 715 g/mol. The highest BCUT2D eigenvalue weighted by Crippen LogP contribution is 2.41. The van der Waals surface area contributed by atoms with Crippen molar-refractivity contribution in [3.63, 3.8) is 0 Å². The number of thioether (sulfide) groups is 1. The van der Waals surface area contributed by atoms with E-state index < -0.39 is 24.0 Å². The summed E-state index contributed by atoms with van der Waals surface area (Å²) in [5, 5.41) is 11.3. The van der Waals surface area contributed by atoms with Crippen molar-refractivity contribution in [2.24, 2.45) is 5.73 Å². The molecule has 1 aliphatic heterocycles. The number of nitrogens with two attached hydrogens (primary N) is 1. The van der Waals surface area contributed by atoms with Crippen molar-refractivity contribution in [2.75, 3.05) is 26.0 Å². The Bertz CT molecular complexity index is 1850. The van der Waals surface area contributed by atoms with Crippen LogP contribution in [0.25, 0.3) is 28.0 Å². The molecule has 3 heterocycles. The molecule has 3 atom stereocenters. The van der Waals surface area contributed by atoms with Crippen LogP contribution in [-0.4, -0.2) is 63.4 Å². The Labute approximate surface area is 294 Å². The highest BCUT2D eigenvalue weighted by atomic mass is 35.5. The maximum atomic E-state index is 16.3. The predicted octanol–water partition coefficient (Wildman–Crippen LogP) is 7.94. The van der Waals surface area contributed by atoms with Crippen LogP contribution < -0.4 is 16.7 Å². The first-order valence-electron chi connectivity index (χ1n) is 16.9. The smallest absolute Gasteiger partial charge is 0.354 e. The third-order valence-electron chi connectivity index (χ3n) is 9.22. The standard InChI is InChI=1S/C36H45ClF3N7OS/c1-21(41)7-4-8-23-15-27(34(40)28(37)16-23)30-17-24-20-47(36(48)45-35(24)44-30)26-18-29(39)33(32(19-26)49-3)31-10-5-9-25(11-13-43-22(2)42)46(31)14-6-12-38/h15-21,25,31H,4-14,41H2,1-3H3,(H2,42,43)(H,44,45,48)/t21-,25-,31-/m0/s1. The Morgan fingerprint density at radius 2 is 2.02 bits per heavy atom. The Morgan fingerprint density at radius 3 is 2.73 bits per heavy atom. The van der Waals surface area contributed by atoms with Crippen molar-refractivity contribution in [1.82, 2.24) is 24.8 Å². The maximum Gasteiger partial charge on any atom is 0.354 e. The van der Waals surface area contributed by atoms with Gasteiger partial charge in [-0.15, -0.1) is 11.8 Å². The van der Waals surface area contributed by atoms with Crippen LogP contribution in [0.1, 0.15) is 76.0 Å². The Balaban J connectivity index is 1.48. The van der Waals surface area contributed by atoms with E-state index in [1.165, 1.54) is 22.4 Å². The van der Waals surface area contributed by atoms with Gasteiger partial charge in [0.1, 0.15) is 11.5 Å². The van der Waals surface area contributed by atoms with Gasteiger partial charge >= 0.3 is 5.69 Å². The normalized spacial score (nSPS) is 17.5. The number of amidine groups is 1. The first-order valence-corrected chi connectivity index (χ1v) is 18.5. The third-order valence-corrected chi connectivity index (χ3v) is 10.3. The number of aromatic amines is 1. The van der Waals surface area contributed by atoms with E-state index in [-0.39, 0.29) is 34.4 Å². The number of aromatic nitrogens is 3. The number of aryl methyl sites for hydroxylation is 1. The van der Waals surface area contributed by atoms with Crippen LogP contribution in [0.4, 0.5) is 13.2 Å². The Kier molecular flexibility index (Phi) is 12.5. The minimum Gasteiger partial charge on any atom is -0.374 e. The second-order valence-corrected chi connectivity index (χ2v) is 14.2. The molecule has 5 N–H and O–H groups in total. The van der Waals surface area contributed by atoms with Crippen LogP contribution in [0.5, 0.6) is 0 Å². The fraction of sp³-hybridized carbons (Fsp3) is 0.472. The van der Waals surface area contributed by atoms with Crippen molar-refractivity contribution in [1.29, 1.82) is 5.41 Å². The van der Waals surface area contributed by atoms with E-state index >= 15 is 8.78 Å². The molecule has 0 aliphatic carbocycles. The van der Waals surface area contributed by atoms with E-state index in [0.717, 1.165) is 44.1 Å². The third kappa shape index (κ3) is 8.71. The second-order valence-electron chi connectivity index (χ2n) is 13.0. The zero-order chi connectivity index (χ0) is 35.2. The van der Waals surface area contributed by atoms with E-state index in [1.54, 1.807) is 37.4 Å². The lowest BCUT2D eigenvalue weighted by Gasteiger charge is -2.43. The van der Waals surface area contributed by atoms with E-state index in [0.29, 0.717) is 59.0 Å². The lowest BCUT2D eigenvalue weighted by atomic mass is 9.88. The van der Waals surface area contributed by atoms with Gasteiger partial charge in [0.2, 0.25) is 0 Å². The van der Waals surface area contributed by atoms with Gasteiger partial charge in [0.15, 0.2) is 5.82 Å². The molecule has 8 nitrogen and oxygen atoms in total. The molecule has 0 amide bonds. The minimum absolute atomic E-state index is 0.00493. The Morgan fingerprint density at radius 1 is 1.22 bits per heavy atom. The zero-order valence-corrected chi connectivity index (χ0v) is 29.8. The van der Waals surface area contributed by atoms with Crippen LogP contribution >= 0.6 is 23.4 Å². The van der Waals surface area contributed by atoms with Crippen molar-refractivity contribution < 1.29 is 13.2 Å². The molecule has 0 saturated carbocycles. The summed E-state index contributed by atoms with van der Waals surface area (Å²) in [6.07, 6.45) is 9.48. The van der Waals surface area contributed by atoms with Crippen molar-refractivity contribution in [3.8, 4) is 16.9 Å². The van der Waals surface area contributed by atoms with Crippen LogP contribution in [0, 0.1) is 17.0 Å². The van der Waals surface area contributed by atoms with Crippen LogP contribution in [0.15, 0.2) is 46.2 Å². The number of hydrogen-bond acceptors (Lipinski definition) is 6. The summed E-state index contributed by atoms with van der Waals surface area (Å²) in [4.78, 5) is 23.5. The van der Waals surface area contributed by atoms with Gasteiger partial charge in [-0.3, -0.25) is 19.3 Å². The molecular weight excluding hydrogens is 671 g/mol. The number of benzene rings is 2. The molecule has 264 valence electrons. The molecule has 5 rings (SSSR count). The summed E-state index contributed by atoms with van der Waals surface area (Å²) in [6, 6.07) is 8.18. The van der Waals surface area contributed by atoms with Gasteiger partial charge in [-0.05, 0) is 107 Å². The summed E-state index contributed by atoms with van der Waals surface area (Å²) >= 11 is 7.68. The molecule has 0 bridgehead atoms. The number of alkyl halides is 1. The molecule has 4 aromatic rings. The quantitative estimate of drug-likeness (QED) is 0.0599. The van der Waals surface area contributed by atoms with Gasteiger partial charge in [-0.1, -0.05) is 11.6 Å². The van der Waals surface area contributed by atoms with Crippen LogP contribution in [-0.2, 0) is 6.42 Å². The van der Waals surface area contributed by atoms with E-state index in [9.17, 15) is 9.18 Å². The van der Waals surface area contributed by atoms with E-state index in [4.69, 9.17) is 22.7 Å². The molecule has 0 unspecified atom stereocenters. The highest BCUT2D eigenvalue weighted by molar-refractivity contribution is 7.98. The lowest BCUT2D eigenvalue weighted by molar-refractivity contribution is 0.0706. The molecule has 49 heavy (non-hydrogen) atoms. The topological polar surface area (TPSA) is 116 Å². The molecule has 0 spiro atoms. The molecular formula is C36H45ClF3N7OS. The summed E-state index contributed by atoms with van der Waals surface area (Å²) in [5.74, 6) is -0.624. The Hall–Kier alpha value is -3.32. The van der Waals surface area contributed by atoms with Gasteiger partial charge in [-0.2, -0.15) is 4.98 Å². The number of hydrogen-bond donors (Lipinski definition) is 4. The summed E-state index contributed by atoms with van der Waals surface area (Å²) < 4.78 is 46.3. The average molecular weight is 716 g/mol.